The summed E-state index contributed by atoms with van der Waals surface area (Å²) in [6.45, 7) is 2.88. The van der Waals surface area contributed by atoms with Crippen molar-refractivity contribution in [3.05, 3.63) is 77.9 Å². The van der Waals surface area contributed by atoms with Gasteiger partial charge in [0, 0.05) is 23.9 Å². The molecule has 0 bridgehead atoms. The summed E-state index contributed by atoms with van der Waals surface area (Å²) in [5.74, 6) is 1.75. The van der Waals surface area contributed by atoms with E-state index in [0.29, 0.717) is 0 Å². The first-order valence-electron chi connectivity index (χ1n) is 10.9. The number of H-pyrrole nitrogens is 1. The predicted octanol–water partition coefficient (Wildman–Crippen LogP) is 4.07. The zero-order valence-corrected chi connectivity index (χ0v) is 18.3. The minimum Gasteiger partial charge on any atom is -0.495 e. The molecule has 4 aromatic rings. The Morgan fingerprint density at radius 3 is 2.75 bits per heavy atom. The molecule has 0 unspecified atom stereocenters. The molecule has 0 saturated carbocycles. The summed E-state index contributed by atoms with van der Waals surface area (Å²) in [4.78, 5) is 6.56. The minimum absolute atomic E-state index is 0.0463. The van der Waals surface area contributed by atoms with Crippen molar-refractivity contribution in [2.75, 3.05) is 25.2 Å². The van der Waals surface area contributed by atoms with E-state index in [1.807, 2.05) is 48.0 Å². The van der Waals surface area contributed by atoms with Crippen LogP contribution in [-0.4, -0.2) is 45.1 Å². The van der Waals surface area contributed by atoms with Crippen LogP contribution in [0, 0.1) is 6.92 Å². The lowest BCUT2D eigenvalue weighted by atomic mass is 9.97. The summed E-state index contributed by atoms with van der Waals surface area (Å²) in [7, 11) is 1.68. The molecule has 0 aliphatic carbocycles. The Labute approximate surface area is 187 Å². The van der Waals surface area contributed by atoms with E-state index in [2.05, 4.69) is 38.3 Å². The highest BCUT2D eigenvalue weighted by atomic mass is 16.5. The second-order valence-electron chi connectivity index (χ2n) is 8.11. The van der Waals surface area contributed by atoms with E-state index in [1.54, 1.807) is 13.4 Å². The second kappa shape index (κ2) is 8.51. The van der Waals surface area contributed by atoms with Crippen LogP contribution in [0.3, 0.4) is 0 Å². The van der Waals surface area contributed by atoms with Crippen molar-refractivity contribution in [1.82, 2.24) is 19.7 Å². The fourth-order valence-corrected chi connectivity index (χ4v) is 4.57. The molecule has 7 nitrogen and oxygen atoms in total. The Bertz CT molecular complexity index is 1210. The molecule has 5 rings (SSSR count). The van der Waals surface area contributed by atoms with Gasteiger partial charge < -0.3 is 19.3 Å². The van der Waals surface area contributed by atoms with E-state index in [0.717, 1.165) is 59.2 Å². The van der Waals surface area contributed by atoms with Gasteiger partial charge in [-0.25, -0.2) is 4.98 Å². The molecule has 2 N–H and O–H groups in total. The normalized spacial score (nSPS) is 14.3. The summed E-state index contributed by atoms with van der Waals surface area (Å²) in [6.07, 6.45) is 5.71. The number of aryl methyl sites for hydroxylation is 1. The van der Waals surface area contributed by atoms with Crippen molar-refractivity contribution in [3.63, 3.8) is 0 Å². The zero-order valence-electron chi connectivity index (χ0n) is 18.3. The zero-order chi connectivity index (χ0) is 22.1. The van der Waals surface area contributed by atoms with Crippen LogP contribution in [0.15, 0.2) is 61.1 Å². The number of fused-ring (bicyclic) bond motifs is 1. The molecular formula is C25H27N5O2. The summed E-state index contributed by atoms with van der Waals surface area (Å²) in [5, 5.41) is 18.1. The monoisotopic (exact) mass is 429 g/mol. The van der Waals surface area contributed by atoms with Gasteiger partial charge in [-0.05, 0) is 37.5 Å². The number of ether oxygens (including phenoxy) is 1. The maximum atomic E-state index is 10.2. The molecular weight excluding hydrogens is 402 g/mol. The Kier molecular flexibility index (Phi) is 5.41. The van der Waals surface area contributed by atoms with E-state index in [4.69, 9.17) is 4.74 Å². The molecule has 1 atom stereocenters. The third kappa shape index (κ3) is 3.54. The topological polar surface area (TPSA) is 79.2 Å². The number of imidazole rings is 1. The quantitative estimate of drug-likeness (QED) is 0.483. The number of benzene rings is 2. The molecule has 0 spiro atoms. The molecule has 1 aliphatic rings. The third-order valence-electron chi connectivity index (χ3n) is 6.13. The van der Waals surface area contributed by atoms with E-state index >= 15 is 0 Å². The molecule has 7 heteroatoms. The highest BCUT2D eigenvalue weighted by molar-refractivity contribution is 5.73. The molecule has 1 aliphatic heterocycles. The molecule has 2 aromatic heterocycles. The van der Waals surface area contributed by atoms with E-state index in [9.17, 15) is 5.11 Å². The van der Waals surface area contributed by atoms with Gasteiger partial charge in [-0.3, -0.25) is 5.10 Å². The fourth-order valence-electron chi connectivity index (χ4n) is 4.57. The van der Waals surface area contributed by atoms with Crippen LogP contribution in [0.1, 0.15) is 29.3 Å². The van der Waals surface area contributed by atoms with Gasteiger partial charge in [-0.1, -0.05) is 36.4 Å². The highest BCUT2D eigenvalue weighted by Crippen LogP contribution is 2.39. The van der Waals surface area contributed by atoms with Crippen molar-refractivity contribution >= 4 is 5.82 Å². The first kappa shape index (κ1) is 20.3. The average molecular weight is 430 g/mol. The number of anilines is 1. The molecule has 3 heterocycles. The van der Waals surface area contributed by atoms with Crippen molar-refractivity contribution < 1.29 is 9.84 Å². The van der Waals surface area contributed by atoms with Gasteiger partial charge in [-0.2, -0.15) is 5.10 Å². The Morgan fingerprint density at radius 2 is 2.03 bits per heavy atom. The van der Waals surface area contributed by atoms with Crippen molar-refractivity contribution in [3.8, 4) is 22.7 Å². The lowest BCUT2D eigenvalue weighted by Gasteiger charge is -2.35. The summed E-state index contributed by atoms with van der Waals surface area (Å²) >= 11 is 0. The molecule has 0 fully saturated rings. The lowest BCUT2D eigenvalue weighted by Crippen LogP contribution is -2.35. The van der Waals surface area contributed by atoms with Crippen LogP contribution in [0.4, 0.5) is 5.82 Å². The maximum Gasteiger partial charge on any atom is 0.143 e. The van der Waals surface area contributed by atoms with Gasteiger partial charge in [0.05, 0.1) is 43.2 Å². The maximum absolute atomic E-state index is 10.2. The Hall–Kier alpha value is -3.58. The van der Waals surface area contributed by atoms with Gasteiger partial charge >= 0.3 is 0 Å². The van der Waals surface area contributed by atoms with Crippen LogP contribution >= 0.6 is 0 Å². The SMILES string of the molecule is COc1cc(-c2n[nH]c3c2CCCN3[C@H](CO)c2ccccc2)ccc1-n1cnc(C)c1. The van der Waals surface area contributed by atoms with Gasteiger partial charge in [0.25, 0.3) is 0 Å². The van der Waals surface area contributed by atoms with Crippen molar-refractivity contribution in [2.24, 2.45) is 0 Å². The van der Waals surface area contributed by atoms with Crippen LogP contribution < -0.4 is 9.64 Å². The minimum atomic E-state index is -0.107. The second-order valence-corrected chi connectivity index (χ2v) is 8.11. The van der Waals surface area contributed by atoms with Crippen LogP contribution in [-0.2, 0) is 6.42 Å². The standard InChI is InChI=1S/C25H27N5O2/c1-17-14-29(16-26-17)21-11-10-19(13-23(21)32-2)24-20-9-6-12-30(25(20)28-27-24)22(15-31)18-7-4-3-5-8-18/h3-5,7-8,10-11,13-14,16,22,31H,6,9,12,15H2,1-2H3,(H,27,28)/t22-/m1/s1. The molecule has 2 aromatic carbocycles. The van der Waals surface area contributed by atoms with E-state index in [-0.39, 0.29) is 12.6 Å². The van der Waals surface area contributed by atoms with Crippen LogP contribution in [0.2, 0.25) is 0 Å². The average Bonchev–Trinajstić information content (AvgIpc) is 3.46. The number of aliphatic hydroxyl groups is 1. The van der Waals surface area contributed by atoms with Crippen molar-refractivity contribution in [1.29, 1.82) is 0 Å². The van der Waals surface area contributed by atoms with Gasteiger partial charge in [-0.15, -0.1) is 0 Å². The van der Waals surface area contributed by atoms with Crippen LogP contribution in [0.5, 0.6) is 5.75 Å². The molecule has 0 radical (unpaired) electrons. The third-order valence-corrected chi connectivity index (χ3v) is 6.13. The van der Waals surface area contributed by atoms with Crippen LogP contribution in [0.25, 0.3) is 16.9 Å². The number of rotatable bonds is 6. The number of nitrogens with one attached hydrogen (secondary N) is 1. The fraction of sp³-hybridized carbons (Fsp3) is 0.280. The lowest BCUT2D eigenvalue weighted by molar-refractivity contribution is 0.259. The molecule has 164 valence electrons. The Morgan fingerprint density at radius 1 is 1.19 bits per heavy atom. The van der Waals surface area contributed by atoms with Crippen molar-refractivity contribution in [2.45, 2.75) is 25.8 Å². The van der Waals surface area contributed by atoms with Gasteiger partial charge in [0.1, 0.15) is 11.6 Å². The van der Waals surface area contributed by atoms with Gasteiger partial charge in [0.2, 0.25) is 0 Å². The summed E-state index contributed by atoms with van der Waals surface area (Å²) < 4.78 is 7.66. The number of aliphatic hydroxyl groups excluding tert-OH is 1. The predicted molar refractivity (Wildman–Crippen MR) is 124 cm³/mol. The number of hydrogen-bond acceptors (Lipinski definition) is 5. The number of aromatic amines is 1. The van der Waals surface area contributed by atoms with E-state index < -0.39 is 0 Å². The molecule has 0 amide bonds. The smallest absolute Gasteiger partial charge is 0.143 e. The first-order valence-corrected chi connectivity index (χ1v) is 10.9. The molecule has 32 heavy (non-hydrogen) atoms. The number of aromatic nitrogens is 4. The highest BCUT2D eigenvalue weighted by Gasteiger charge is 2.29. The Balaban J connectivity index is 1.52. The van der Waals surface area contributed by atoms with E-state index in [1.165, 1.54) is 5.56 Å². The molecule has 0 saturated heterocycles. The van der Waals surface area contributed by atoms with Gasteiger partial charge in [0.15, 0.2) is 0 Å². The largest absolute Gasteiger partial charge is 0.495 e. The number of hydrogen-bond donors (Lipinski definition) is 2. The number of methoxy groups -OCH3 is 1. The first-order chi connectivity index (χ1) is 15.7. The summed E-state index contributed by atoms with van der Waals surface area (Å²) in [5.41, 5.74) is 6.10. The number of nitrogens with zero attached hydrogens (tertiary/aromatic N) is 4. The summed E-state index contributed by atoms with van der Waals surface area (Å²) in [6, 6.07) is 16.2.